The number of nitrogens with zero attached hydrogens (tertiary/aromatic N) is 1. The number of hydrogen-bond donors (Lipinski definition) is 1. The highest BCUT2D eigenvalue weighted by atomic mass is 32.2. The first-order chi connectivity index (χ1) is 9.48. The molecule has 8 heteroatoms. The molecule has 1 aromatic rings. The van der Waals surface area contributed by atoms with Gasteiger partial charge in [0.1, 0.15) is 0 Å². The highest BCUT2D eigenvalue weighted by Gasteiger charge is 2.31. The SMILES string of the molecule is CC(C)(CNS(=O)(=O)Cc1ccccc1C#N)S(C)(=O)=O. The number of benzene rings is 1. The minimum absolute atomic E-state index is 0.219. The third-order valence-corrected chi connectivity index (χ3v) is 6.63. The average Bonchev–Trinajstić information content (AvgIpc) is 2.35. The van der Waals surface area contributed by atoms with Crippen molar-refractivity contribution in [1.82, 2.24) is 4.72 Å². The summed E-state index contributed by atoms with van der Waals surface area (Å²) in [4.78, 5) is 0. The molecule has 0 saturated heterocycles. The molecule has 1 aromatic carbocycles. The Hall–Kier alpha value is -1.43. The lowest BCUT2D eigenvalue weighted by Crippen LogP contribution is -2.44. The largest absolute Gasteiger partial charge is 0.229 e. The quantitative estimate of drug-likeness (QED) is 0.831. The second-order valence-corrected chi connectivity index (χ2v) is 9.84. The second-order valence-electron chi connectivity index (χ2n) is 5.38. The molecule has 21 heavy (non-hydrogen) atoms. The van der Waals surface area contributed by atoms with Crippen molar-refractivity contribution in [1.29, 1.82) is 5.26 Å². The van der Waals surface area contributed by atoms with Gasteiger partial charge in [-0.15, -0.1) is 0 Å². The molecule has 0 saturated carbocycles. The van der Waals surface area contributed by atoms with Crippen LogP contribution in [0.4, 0.5) is 0 Å². The zero-order chi connectivity index (χ0) is 16.3. The van der Waals surface area contributed by atoms with Crippen molar-refractivity contribution in [2.45, 2.75) is 24.3 Å². The fraction of sp³-hybridized carbons (Fsp3) is 0.462. The van der Waals surface area contributed by atoms with Crippen LogP contribution in [0.15, 0.2) is 24.3 Å². The van der Waals surface area contributed by atoms with E-state index in [4.69, 9.17) is 5.26 Å². The molecule has 0 bridgehead atoms. The predicted octanol–water partition coefficient (Wildman–Crippen LogP) is 0.801. The lowest BCUT2D eigenvalue weighted by molar-refractivity contribution is 0.536. The molecule has 0 aliphatic heterocycles. The van der Waals surface area contributed by atoms with E-state index in [1.165, 1.54) is 19.9 Å². The van der Waals surface area contributed by atoms with Gasteiger partial charge in [-0.2, -0.15) is 5.26 Å². The van der Waals surface area contributed by atoms with Crippen molar-refractivity contribution in [3.05, 3.63) is 35.4 Å². The minimum atomic E-state index is -3.73. The van der Waals surface area contributed by atoms with Crippen LogP contribution in [-0.4, -0.2) is 34.4 Å². The van der Waals surface area contributed by atoms with E-state index in [1.807, 2.05) is 6.07 Å². The molecule has 1 N–H and O–H groups in total. The van der Waals surface area contributed by atoms with Gasteiger partial charge in [-0.3, -0.25) is 0 Å². The molecule has 0 amide bonds. The summed E-state index contributed by atoms with van der Waals surface area (Å²) in [5.41, 5.74) is 0.662. The van der Waals surface area contributed by atoms with Crippen LogP contribution >= 0.6 is 0 Å². The molecule has 0 unspecified atom stereocenters. The number of sulfone groups is 1. The molecule has 116 valence electrons. The molecule has 1 rings (SSSR count). The Kier molecular flexibility index (Phi) is 5.15. The zero-order valence-electron chi connectivity index (χ0n) is 12.1. The van der Waals surface area contributed by atoms with Crippen LogP contribution < -0.4 is 4.72 Å². The van der Waals surface area contributed by atoms with E-state index in [0.29, 0.717) is 5.56 Å². The highest BCUT2D eigenvalue weighted by molar-refractivity contribution is 7.92. The molecule has 0 heterocycles. The van der Waals surface area contributed by atoms with E-state index in [1.54, 1.807) is 18.2 Å². The number of nitrogens with one attached hydrogen (secondary N) is 1. The summed E-state index contributed by atoms with van der Waals surface area (Å²) in [5.74, 6) is -0.365. The first kappa shape index (κ1) is 17.6. The van der Waals surface area contributed by atoms with Gasteiger partial charge in [0.05, 0.1) is 22.1 Å². The van der Waals surface area contributed by atoms with Crippen molar-refractivity contribution in [3.8, 4) is 6.07 Å². The van der Waals surface area contributed by atoms with Crippen LogP contribution in [0, 0.1) is 11.3 Å². The third kappa shape index (κ3) is 4.81. The van der Waals surface area contributed by atoms with Crippen LogP contribution in [0.3, 0.4) is 0 Å². The van der Waals surface area contributed by atoms with Crippen molar-refractivity contribution >= 4 is 19.9 Å². The smallest absolute Gasteiger partial charge is 0.215 e. The summed E-state index contributed by atoms with van der Waals surface area (Å²) in [6.07, 6.45) is 1.06. The van der Waals surface area contributed by atoms with Crippen LogP contribution in [0.2, 0.25) is 0 Å². The molecular weight excluding hydrogens is 312 g/mol. The number of nitriles is 1. The Morgan fingerprint density at radius 3 is 2.29 bits per heavy atom. The molecule has 0 aromatic heterocycles. The Morgan fingerprint density at radius 1 is 1.19 bits per heavy atom. The van der Waals surface area contributed by atoms with Gasteiger partial charge in [0.2, 0.25) is 10.0 Å². The molecular formula is C13H18N2O4S2. The third-order valence-electron chi connectivity index (χ3n) is 3.20. The molecule has 0 aliphatic carbocycles. The first-order valence-corrected chi connectivity index (χ1v) is 9.68. The summed E-state index contributed by atoms with van der Waals surface area (Å²) in [6, 6.07) is 8.31. The molecule has 6 nitrogen and oxygen atoms in total. The molecule has 0 aliphatic rings. The molecule has 0 spiro atoms. The Labute approximate surface area is 125 Å². The fourth-order valence-electron chi connectivity index (χ4n) is 1.43. The van der Waals surface area contributed by atoms with E-state index in [-0.39, 0.29) is 17.9 Å². The van der Waals surface area contributed by atoms with Gasteiger partial charge in [-0.05, 0) is 25.5 Å². The number of rotatable bonds is 6. The zero-order valence-corrected chi connectivity index (χ0v) is 13.8. The van der Waals surface area contributed by atoms with Gasteiger partial charge in [0.15, 0.2) is 9.84 Å². The standard InChI is InChI=1S/C13H18N2O4S2/c1-13(2,20(3,16)17)10-15-21(18,19)9-12-7-5-4-6-11(12)8-14/h4-7,15H,9-10H2,1-3H3. The topological polar surface area (TPSA) is 104 Å². The maximum absolute atomic E-state index is 12.0. The minimum Gasteiger partial charge on any atom is -0.229 e. The normalized spacial score (nSPS) is 12.9. The van der Waals surface area contributed by atoms with Gasteiger partial charge in [0.25, 0.3) is 0 Å². The van der Waals surface area contributed by atoms with E-state index >= 15 is 0 Å². The van der Waals surface area contributed by atoms with Crippen molar-refractivity contribution in [3.63, 3.8) is 0 Å². The van der Waals surface area contributed by atoms with E-state index in [0.717, 1.165) is 6.26 Å². The molecule has 0 atom stereocenters. The van der Waals surface area contributed by atoms with Crippen LogP contribution in [0.1, 0.15) is 25.0 Å². The van der Waals surface area contributed by atoms with Crippen LogP contribution in [0.5, 0.6) is 0 Å². The lowest BCUT2D eigenvalue weighted by atomic mass is 10.1. The van der Waals surface area contributed by atoms with E-state index < -0.39 is 24.6 Å². The van der Waals surface area contributed by atoms with Crippen LogP contribution in [0.25, 0.3) is 0 Å². The maximum Gasteiger partial charge on any atom is 0.215 e. The Morgan fingerprint density at radius 2 is 1.76 bits per heavy atom. The number of hydrogen-bond acceptors (Lipinski definition) is 5. The number of sulfonamides is 1. The monoisotopic (exact) mass is 330 g/mol. The summed E-state index contributed by atoms with van der Waals surface area (Å²) >= 11 is 0. The van der Waals surface area contributed by atoms with E-state index in [9.17, 15) is 16.8 Å². The summed E-state index contributed by atoms with van der Waals surface area (Å²) in [7, 11) is -7.12. The summed E-state index contributed by atoms with van der Waals surface area (Å²) < 4.78 is 48.2. The summed E-state index contributed by atoms with van der Waals surface area (Å²) in [6.45, 7) is 2.69. The lowest BCUT2D eigenvalue weighted by Gasteiger charge is -2.22. The predicted molar refractivity (Wildman–Crippen MR) is 80.7 cm³/mol. The van der Waals surface area contributed by atoms with Crippen molar-refractivity contribution < 1.29 is 16.8 Å². The highest BCUT2D eigenvalue weighted by Crippen LogP contribution is 2.15. The summed E-state index contributed by atoms with van der Waals surface area (Å²) in [5, 5.41) is 8.94. The second kappa shape index (κ2) is 6.13. The Bertz CT molecular complexity index is 760. The van der Waals surface area contributed by atoms with Gasteiger partial charge in [-0.1, -0.05) is 18.2 Å². The van der Waals surface area contributed by atoms with Crippen molar-refractivity contribution in [2.24, 2.45) is 0 Å². The Balaban J connectivity index is 2.88. The van der Waals surface area contributed by atoms with Gasteiger partial charge >= 0.3 is 0 Å². The first-order valence-electron chi connectivity index (χ1n) is 6.13. The average molecular weight is 330 g/mol. The van der Waals surface area contributed by atoms with Gasteiger partial charge in [-0.25, -0.2) is 21.6 Å². The van der Waals surface area contributed by atoms with E-state index in [2.05, 4.69) is 4.72 Å². The molecule has 0 radical (unpaired) electrons. The fourth-order valence-corrected chi connectivity index (χ4v) is 3.20. The van der Waals surface area contributed by atoms with Gasteiger partial charge in [0, 0.05) is 12.8 Å². The van der Waals surface area contributed by atoms with Gasteiger partial charge < -0.3 is 0 Å². The van der Waals surface area contributed by atoms with Crippen LogP contribution in [-0.2, 0) is 25.6 Å². The molecule has 0 fully saturated rings. The maximum atomic E-state index is 12.0. The van der Waals surface area contributed by atoms with Crippen molar-refractivity contribution in [2.75, 3.05) is 12.8 Å².